The highest BCUT2D eigenvalue weighted by atomic mass is 19.1. The number of nitrogens with zero attached hydrogens (tertiary/aromatic N) is 1. The Morgan fingerprint density at radius 1 is 1.04 bits per heavy atom. The fourth-order valence-electron chi connectivity index (χ4n) is 6.38. The van der Waals surface area contributed by atoms with Crippen LogP contribution in [0.25, 0.3) is 0 Å². The number of hydrogen-bond donors (Lipinski definition) is 0. The standard InChI is InChI=1S/C23H32FNO/c24-20-6-7-22-21(14-20)23(16-26-22)8-10-25(11-9-23)15-19-5-4-17-2-1-3-18(12-17)13-19/h6-7,14,17-19H,1-5,8-13,15-16H2/t17-,18+,19+/m1/s1. The van der Waals surface area contributed by atoms with E-state index >= 15 is 0 Å². The first-order chi connectivity index (χ1) is 12.7. The maximum absolute atomic E-state index is 13.8. The number of ether oxygens (including phenoxy) is 1. The highest BCUT2D eigenvalue weighted by Crippen LogP contribution is 2.46. The summed E-state index contributed by atoms with van der Waals surface area (Å²) >= 11 is 0. The molecule has 2 saturated carbocycles. The van der Waals surface area contributed by atoms with Crippen LogP contribution in [-0.4, -0.2) is 31.1 Å². The molecule has 0 aromatic heterocycles. The van der Waals surface area contributed by atoms with Crippen molar-refractivity contribution in [2.45, 2.75) is 63.2 Å². The van der Waals surface area contributed by atoms with Crippen molar-refractivity contribution < 1.29 is 9.13 Å². The van der Waals surface area contributed by atoms with Crippen molar-refractivity contribution in [1.29, 1.82) is 0 Å². The summed E-state index contributed by atoms with van der Waals surface area (Å²) in [6.07, 6.45) is 12.6. The van der Waals surface area contributed by atoms with Crippen LogP contribution in [-0.2, 0) is 5.41 Å². The average molecular weight is 358 g/mol. The van der Waals surface area contributed by atoms with Crippen LogP contribution < -0.4 is 4.74 Å². The molecule has 2 heterocycles. The van der Waals surface area contributed by atoms with Crippen molar-refractivity contribution >= 4 is 0 Å². The summed E-state index contributed by atoms with van der Waals surface area (Å²) in [5.41, 5.74) is 1.19. The molecule has 2 aliphatic carbocycles. The summed E-state index contributed by atoms with van der Waals surface area (Å²) in [6, 6.07) is 5.06. The van der Waals surface area contributed by atoms with Gasteiger partial charge in [0, 0.05) is 17.5 Å². The SMILES string of the molecule is Fc1ccc2c(c1)C1(CCN(C[C@H]3CC[C@H]4CCC[C@@H](C4)C3)CC1)CO2. The minimum atomic E-state index is -0.124. The molecule has 2 nitrogen and oxygen atoms in total. The second kappa shape index (κ2) is 6.82. The Morgan fingerprint density at radius 2 is 1.88 bits per heavy atom. The average Bonchev–Trinajstić information content (AvgIpc) is 2.92. The lowest BCUT2D eigenvalue weighted by molar-refractivity contribution is 0.115. The van der Waals surface area contributed by atoms with Crippen LogP contribution in [0.15, 0.2) is 18.2 Å². The third-order valence-electron chi connectivity index (χ3n) is 7.89. The van der Waals surface area contributed by atoms with Gasteiger partial charge in [-0.15, -0.1) is 0 Å². The molecule has 3 atom stereocenters. The molecular weight excluding hydrogens is 325 g/mol. The van der Waals surface area contributed by atoms with Gasteiger partial charge in [-0.25, -0.2) is 4.39 Å². The lowest BCUT2D eigenvalue weighted by Crippen LogP contribution is -2.45. The summed E-state index contributed by atoms with van der Waals surface area (Å²) in [5.74, 6) is 3.74. The van der Waals surface area contributed by atoms with Gasteiger partial charge in [-0.05, 0) is 81.1 Å². The minimum absolute atomic E-state index is 0.0634. The number of piperidine rings is 1. The monoisotopic (exact) mass is 357 g/mol. The summed E-state index contributed by atoms with van der Waals surface area (Å²) in [7, 11) is 0. The van der Waals surface area contributed by atoms with E-state index in [0.717, 1.165) is 61.6 Å². The second-order valence-corrected chi connectivity index (χ2v) is 9.59. The van der Waals surface area contributed by atoms with Crippen LogP contribution in [0.2, 0.25) is 0 Å². The van der Waals surface area contributed by atoms with E-state index in [1.807, 2.05) is 6.07 Å². The van der Waals surface area contributed by atoms with E-state index in [-0.39, 0.29) is 11.2 Å². The van der Waals surface area contributed by atoms with E-state index in [4.69, 9.17) is 4.74 Å². The van der Waals surface area contributed by atoms with Crippen molar-refractivity contribution in [3.63, 3.8) is 0 Å². The molecule has 2 aliphatic heterocycles. The molecule has 26 heavy (non-hydrogen) atoms. The van der Waals surface area contributed by atoms with Gasteiger partial charge < -0.3 is 9.64 Å². The summed E-state index contributed by atoms with van der Waals surface area (Å²) < 4.78 is 19.7. The Bertz CT molecular complexity index is 652. The molecule has 1 saturated heterocycles. The number of fused-ring (bicyclic) bond motifs is 4. The van der Waals surface area contributed by atoms with Crippen molar-refractivity contribution in [3.05, 3.63) is 29.6 Å². The van der Waals surface area contributed by atoms with E-state index in [2.05, 4.69) is 4.90 Å². The number of rotatable bonds is 2. The van der Waals surface area contributed by atoms with Crippen molar-refractivity contribution in [1.82, 2.24) is 4.90 Å². The Kier molecular flexibility index (Phi) is 4.47. The third-order valence-corrected chi connectivity index (χ3v) is 7.89. The lowest BCUT2D eigenvalue weighted by atomic mass is 9.74. The van der Waals surface area contributed by atoms with Gasteiger partial charge in [-0.1, -0.05) is 25.7 Å². The summed E-state index contributed by atoms with van der Waals surface area (Å²) in [4.78, 5) is 2.70. The van der Waals surface area contributed by atoms with E-state index in [1.165, 1.54) is 57.6 Å². The first-order valence-electron chi connectivity index (χ1n) is 10.9. The molecule has 5 rings (SSSR count). The topological polar surface area (TPSA) is 12.5 Å². The largest absolute Gasteiger partial charge is 0.492 e. The lowest BCUT2D eigenvalue weighted by Gasteiger charge is -2.40. The maximum Gasteiger partial charge on any atom is 0.123 e. The van der Waals surface area contributed by atoms with E-state index in [9.17, 15) is 4.39 Å². The molecule has 0 amide bonds. The smallest absolute Gasteiger partial charge is 0.123 e. The molecular formula is C23H32FNO. The predicted octanol–water partition coefficient (Wildman–Crippen LogP) is 5.16. The number of benzene rings is 1. The quantitative estimate of drug-likeness (QED) is 0.725. The van der Waals surface area contributed by atoms with E-state index in [0.29, 0.717) is 0 Å². The first kappa shape index (κ1) is 17.0. The second-order valence-electron chi connectivity index (χ2n) is 9.59. The highest BCUT2D eigenvalue weighted by molar-refractivity contribution is 5.44. The zero-order valence-electron chi connectivity index (χ0n) is 15.9. The zero-order chi connectivity index (χ0) is 17.6. The van der Waals surface area contributed by atoms with Gasteiger partial charge in [0.1, 0.15) is 11.6 Å². The Hall–Kier alpha value is -1.09. The number of hydrogen-bond acceptors (Lipinski definition) is 2. The van der Waals surface area contributed by atoms with Crippen molar-refractivity contribution in [3.8, 4) is 5.75 Å². The van der Waals surface area contributed by atoms with Gasteiger partial charge >= 0.3 is 0 Å². The Labute approximate surface area is 157 Å². The summed E-state index contributed by atoms with van der Waals surface area (Å²) in [5, 5.41) is 0. The fraction of sp³-hybridized carbons (Fsp3) is 0.739. The molecule has 4 aliphatic rings. The van der Waals surface area contributed by atoms with Crippen LogP contribution in [0.4, 0.5) is 4.39 Å². The number of likely N-dealkylation sites (tertiary alicyclic amines) is 1. The van der Waals surface area contributed by atoms with Gasteiger partial charge in [0.25, 0.3) is 0 Å². The maximum atomic E-state index is 13.8. The molecule has 1 spiro atoms. The molecule has 0 radical (unpaired) electrons. The minimum Gasteiger partial charge on any atom is -0.492 e. The van der Waals surface area contributed by atoms with Crippen LogP contribution in [0.1, 0.15) is 63.4 Å². The van der Waals surface area contributed by atoms with Gasteiger partial charge in [0.2, 0.25) is 0 Å². The molecule has 1 aromatic carbocycles. The van der Waals surface area contributed by atoms with Crippen LogP contribution >= 0.6 is 0 Å². The molecule has 142 valence electrons. The van der Waals surface area contributed by atoms with Gasteiger partial charge in [-0.2, -0.15) is 0 Å². The molecule has 1 aromatic rings. The predicted molar refractivity (Wildman–Crippen MR) is 102 cm³/mol. The molecule has 3 fully saturated rings. The van der Waals surface area contributed by atoms with Crippen LogP contribution in [0.5, 0.6) is 5.75 Å². The van der Waals surface area contributed by atoms with E-state index < -0.39 is 0 Å². The Morgan fingerprint density at radius 3 is 2.77 bits per heavy atom. The third kappa shape index (κ3) is 3.17. The van der Waals surface area contributed by atoms with Crippen molar-refractivity contribution in [2.24, 2.45) is 17.8 Å². The Balaban J connectivity index is 1.21. The van der Waals surface area contributed by atoms with E-state index in [1.54, 1.807) is 6.07 Å². The normalized spacial score (nSPS) is 33.5. The summed E-state index contributed by atoms with van der Waals surface area (Å²) in [6.45, 7) is 4.32. The first-order valence-corrected chi connectivity index (χ1v) is 10.9. The highest BCUT2D eigenvalue weighted by Gasteiger charge is 2.43. The van der Waals surface area contributed by atoms with Gasteiger partial charge in [-0.3, -0.25) is 0 Å². The molecule has 2 bridgehead atoms. The number of halogens is 1. The van der Waals surface area contributed by atoms with Crippen LogP contribution in [0, 0.1) is 23.6 Å². The molecule has 3 heteroatoms. The van der Waals surface area contributed by atoms with Gasteiger partial charge in [0.15, 0.2) is 0 Å². The fourth-order valence-corrected chi connectivity index (χ4v) is 6.38. The van der Waals surface area contributed by atoms with Crippen molar-refractivity contribution in [2.75, 3.05) is 26.2 Å². The zero-order valence-corrected chi connectivity index (χ0v) is 15.9. The van der Waals surface area contributed by atoms with Crippen LogP contribution in [0.3, 0.4) is 0 Å². The molecule has 0 unspecified atom stereocenters. The van der Waals surface area contributed by atoms with Gasteiger partial charge in [0.05, 0.1) is 6.61 Å². The molecule has 0 N–H and O–H groups in total.